The third kappa shape index (κ3) is 2.55. The van der Waals surface area contributed by atoms with Crippen molar-refractivity contribution in [2.75, 3.05) is 6.67 Å². The van der Waals surface area contributed by atoms with Gasteiger partial charge in [-0.25, -0.2) is 0 Å². The molecule has 5 heteroatoms. The van der Waals surface area contributed by atoms with Gasteiger partial charge >= 0.3 is 0 Å². The summed E-state index contributed by atoms with van der Waals surface area (Å²) in [5.41, 5.74) is 5.52. The van der Waals surface area contributed by atoms with E-state index >= 15 is 0 Å². The van der Waals surface area contributed by atoms with Crippen LogP contribution >= 0.6 is 0 Å². The van der Waals surface area contributed by atoms with Gasteiger partial charge in [-0.15, -0.1) is 0 Å². The van der Waals surface area contributed by atoms with Crippen LogP contribution in [0, 0.1) is 5.41 Å². The lowest BCUT2D eigenvalue weighted by atomic mass is 10.4. The minimum Gasteiger partial charge on any atom is -0.513 e. The summed E-state index contributed by atoms with van der Waals surface area (Å²) in [5, 5.41) is 18.9. The first-order chi connectivity index (χ1) is 6.24. The van der Waals surface area contributed by atoms with E-state index in [-0.39, 0.29) is 5.70 Å². The topological polar surface area (TPSA) is 85.4 Å². The van der Waals surface area contributed by atoms with Crippen molar-refractivity contribution in [2.24, 2.45) is 5.73 Å². The van der Waals surface area contributed by atoms with Crippen molar-refractivity contribution < 1.29 is 5.11 Å². The SMILES string of the molecule is N=C(/C=C\C(N)=C/O)N1C=CNC1. The zero-order valence-corrected chi connectivity index (χ0v) is 7.07. The van der Waals surface area contributed by atoms with Crippen LogP contribution in [0.25, 0.3) is 0 Å². The summed E-state index contributed by atoms with van der Waals surface area (Å²) in [4.78, 5) is 1.70. The van der Waals surface area contributed by atoms with Crippen molar-refractivity contribution in [1.29, 1.82) is 5.41 Å². The fourth-order valence-corrected chi connectivity index (χ4v) is 0.826. The molecule has 0 amide bonds. The Morgan fingerprint density at radius 1 is 1.62 bits per heavy atom. The van der Waals surface area contributed by atoms with Crippen molar-refractivity contribution in [3.05, 3.63) is 36.5 Å². The number of amidine groups is 1. The van der Waals surface area contributed by atoms with Crippen molar-refractivity contribution in [1.82, 2.24) is 10.2 Å². The number of aliphatic hydroxyl groups excluding tert-OH is 1. The first-order valence-electron chi connectivity index (χ1n) is 3.77. The van der Waals surface area contributed by atoms with E-state index in [9.17, 15) is 0 Å². The molecule has 0 spiro atoms. The second-order valence-electron chi connectivity index (χ2n) is 2.50. The van der Waals surface area contributed by atoms with E-state index < -0.39 is 0 Å². The summed E-state index contributed by atoms with van der Waals surface area (Å²) in [6, 6.07) is 0. The Hall–Kier alpha value is -1.91. The first kappa shape index (κ1) is 9.18. The maximum Gasteiger partial charge on any atom is 0.126 e. The fourth-order valence-electron chi connectivity index (χ4n) is 0.826. The summed E-state index contributed by atoms with van der Waals surface area (Å²) in [6.07, 6.45) is 7.29. The minimum atomic E-state index is 0.223. The van der Waals surface area contributed by atoms with Crippen LogP contribution in [0.15, 0.2) is 36.5 Å². The van der Waals surface area contributed by atoms with Gasteiger partial charge in [0.1, 0.15) is 12.1 Å². The molecule has 1 aliphatic rings. The van der Waals surface area contributed by atoms with Gasteiger partial charge in [0.05, 0.1) is 12.4 Å². The average Bonchev–Trinajstić information content (AvgIpc) is 2.66. The Morgan fingerprint density at radius 3 is 2.92 bits per heavy atom. The fraction of sp³-hybridized carbons (Fsp3) is 0.125. The quantitative estimate of drug-likeness (QED) is 0.212. The number of hydrogen-bond acceptors (Lipinski definition) is 4. The number of nitrogens with one attached hydrogen (secondary N) is 2. The number of rotatable bonds is 2. The summed E-state index contributed by atoms with van der Waals surface area (Å²) in [6.45, 7) is 0.589. The number of nitrogens with zero attached hydrogens (tertiary/aromatic N) is 1. The molecule has 0 aromatic rings. The monoisotopic (exact) mass is 180 g/mol. The van der Waals surface area contributed by atoms with Crippen LogP contribution in [0.5, 0.6) is 0 Å². The molecule has 0 atom stereocenters. The van der Waals surface area contributed by atoms with Gasteiger partial charge < -0.3 is 21.1 Å². The van der Waals surface area contributed by atoms with Gasteiger partial charge in [-0.2, -0.15) is 0 Å². The molecule has 0 saturated carbocycles. The zero-order valence-electron chi connectivity index (χ0n) is 7.07. The van der Waals surface area contributed by atoms with E-state index in [1.54, 1.807) is 17.3 Å². The Balaban J connectivity index is 2.49. The number of nitrogens with two attached hydrogens (primary N) is 1. The Morgan fingerprint density at radius 2 is 2.38 bits per heavy atom. The second kappa shape index (κ2) is 4.20. The van der Waals surface area contributed by atoms with E-state index in [2.05, 4.69) is 5.32 Å². The van der Waals surface area contributed by atoms with Crippen molar-refractivity contribution in [3.8, 4) is 0 Å². The van der Waals surface area contributed by atoms with E-state index in [1.165, 1.54) is 12.2 Å². The molecule has 0 saturated heterocycles. The van der Waals surface area contributed by atoms with Gasteiger partial charge in [-0.1, -0.05) is 0 Å². The molecule has 1 rings (SSSR count). The van der Waals surface area contributed by atoms with Gasteiger partial charge in [-0.05, 0) is 12.2 Å². The van der Waals surface area contributed by atoms with Gasteiger partial charge in [0.15, 0.2) is 0 Å². The number of allylic oxidation sites excluding steroid dienone is 1. The van der Waals surface area contributed by atoms with Crippen LogP contribution in [0.4, 0.5) is 0 Å². The van der Waals surface area contributed by atoms with Crippen LogP contribution in [0.2, 0.25) is 0 Å². The number of aliphatic hydroxyl groups is 1. The molecule has 0 bridgehead atoms. The molecule has 0 aromatic heterocycles. The van der Waals surface area contributed by atoms with Crippen molar-refractivity contribution in [2.45, 2.75) is 0 Å². The predicted octanol–water partition coefficient (Wildman–Crippen LogP) is 0.212. The van der Waals surface area contributed by atoms with Gasteiger partial charge in [0.2, 0.25) is 0 Å². The highest BCUT2D eigenvalue weighted by atomic mass is 16.2. The lowest BCUT2D eigenvalue weighted by Crippen LogP contribution is -2.25. The lowest BCUT2D eigenvalue weighted by Gasteiger charge is -2.11. The van der Waals surface area contributed by atoms with Crippen LogP contribution < -0.4 is 11.1 Å². The minimum absolute atomic E-state index is 0.223. The summed E-state index contributed by atoms with van der Waals surface area (Å²) >= 11 is 0. The Bertz CT molecular complexity index is 280. The van der Waals surface area contributed by atoms with Crippen LogP contribution in [-0.4, -0.2) is 22.5 Å². The second-order valence-corrected chi connectivity index (χ2v) is 2.50. The molecule has 0 aromatic carbocycles. The molecule has 0 fully saturated rings. The molecular formula is C8H12N4O. The highest BCUT2D eigenvalue weighted by Crippen LogP contribution is 1.97. The Labute approximate surface area is 76.3 Å². The normalized spacial score (nSPS) is 16.6. The van der Waals surface area contributed by atoms with Crippen LogP contribution in [0.1, 0.15) is 0 Å². The van der Waals surface area contributed by atoms with E-state index in [1.807, 2.05) is 0 Å². The van der Waals surface area contributed by atoms with Crippen molar-refractivity contribution >= 4 is 5.84 Å². The maximum absolute atomic E-state index is 8.46. The van der Waals surface area contributed by atoms with Gasteiger partial charge in [0.25, 0.3) is 0 Å². The molecule has 5 N–H and O–H groups in total. The summed E-state index contributed by atoms with van der Waals surface area (Å²) in [5.74, 6) is 0.311. The molecule has 5 nitrogen and oxygen atoms in total. The largest absolute Gasteiger partial charge is 0.513 e. The van der Waals surface area contributed by atoms with Gasteiger partial charge in [-0.3, -0.25) is 5.41 Å². The Kier molecular flexibility index (Phi) is 2.97. The molecule has 0 radical (unpaired) electrons. The summed E-state index contributed by atoms with van der Waals surface area (Å²) < 4.78 is 0. The predicted molar refractivity (Wildman–Crippen MR) is 50.7 cm³/mol. The highest BCUT2D eigenvalue weighted by molar-refractivity contribution is 5.91. The molecule has 0 unspecified atom stereocenters. The van der Waals surface area contributed by atoms with Gasteiger partial charge in [0, 0.05) is 12.4 Å². The molecule has 70 valence electrons. The lowest BCUT2D eigenvalue weighted by molar-refractivity contribution is 0.468. The number of hydrogen-bond donors (Lipinski definition) is 4. The standard InChI is InChI=1S/C8H12N4O/c9-7(5-13)1-2-8(10)12-4-3-11-6-12/h1-5,10-11,13H,6,9H2/b2-1-,7-5+,10-8?. The zero-order chi connectivity index (χ0) is 9.68. The molecule has 0 aliphatic carbocycles. The van der Waals surface area contributed by atoms with Crippen LogP contribution in [-0.2, 0) is 0 Å². The average molecular weight is 180 g/mol. The molecular weight excluding hydrogens is 168 g/mol. The summed E-state index contributed by atoms with van der Waals surface area (Å²) in [7, 11) is 0. The highest BCUT2D eigenvalue weighted by Gasteiger charge is 2.05. The molecule has 13 heavy (non-hydrogen) atoms. The van der Waals surface area contributed by atoms with E-state index in [0.717, 1.165) is 6.26 Å². The van der Waals surface area contributed by atoms with Crippen molar-refractivity contribution in [3.63, 3.8) is 0 Å². The first-order valence-corrected chi connectivity index (χ1v) is 3.77. The van der Waals surface area contributed by atoms with E-state index in [4.69, 9.17) is 16.2 Å². The smallest absolute Gasteiger partial charge is 0.126 e. The maximum atomic E-state index is 8.46. The molecule has 1 heterocycles. The van der Waals surface area contributed by atoms with Crippen LogP contribution in [0.3, 0.4) is 0 Å². The van der Waals surface area contributed by atoms with E-state index in [0.29, 0.717) is 12.5 Å². The third-order valence-electron chi connectivity index (χ3n) is 1.53. The third-order valence-corrected chi connectivity index (χ3v) is 1.53. The molecule has 1 aliphatic heterocycles.